The van der Waals surface area contributed by atoms with E-state index in [1.165, 1.54) is 0 Å². The van der Waals surface area contributed by atoms with Gasteiger partial charge in [0.15, 0.2) is 0 Å². The Balaban J connectivity index is 1.75. The number of nitrogen functional groups attached to an aromatic ring is 1. The Kier molecular flexibility index (Phi) is 5.07. The zero-order valence-electron chi connectivity index (χ0n) is 15.7. The van der Waals surface area contributed by atoms with Crippen LogP contribution in [0.5, 0.6) is 0 Å². The number of amides is 1. The number of hydrogen-bond acceptors (Lipinski definition) is 4. The van der Waals surface area contributed by atoms with E-state index in [1.807, 2.05) is 51.1 Å². The lowest BCUT2D eigenvalue weighted by molar-refractivity contribution is 0.0240. The maximum Gasteiger partial charge on any atom is 0.410 e. The molecule has 0 spiro atoms. The summed E-state index contributed by atoms with van der Waals surface area (Å²) in [4.78, 5) is 16.3. The molecule has 5 heteroatoms. The van der Waals surface area contributed by atoms with E-state index in [2.05, 4.69) is 23.1 Å². The van der Waals surface area contributed by atoms with Gasteiger partial charge in [-0.15, -0.1) is 0 Å². The van der Waals surface area contributed by atoms with Gasteiger partial charge in [0.25, 0.3) is 0 Å². The fourth-order valence-electron chi connectivity index (χ4n) is 3.13. The SMILES string of the molecule is CC(C)(C)OC(=O)N1CCN(c2ccc(N)cc2-c2ccccc2)CC1. The molecule has 26 heavy (non-hydrogen) atoms. The van der Waals surface area contributed by atoms with Gasteiger partial charge in [-0.2, -0.15) is 0 Å². The van der Waals surface area contributed by atoms with E-state index in [0.29, 0.717) is 13.1 Å². The van der Waals surface area contributed by atoms with Crippen LogP contribution < -0.4 is 10.6 Å². The topological polar surface area (TPSA) is 58.8 Å². The highest BCUT2D eigenvalue weighted by Gasteiger charge is 2.26. The Bertz CT molecular complexity index is 761. The molecule has 0 bridgehead atoms. The summed E-state index contributed by atoms with van der Waals surface area (Å²) in [5.74, 6) is 0. The molecule has 0 aromatic heterocycles. The molecule has 1 fully saturated rings. The van der Waals surface area contributed by atoms with E-state index in [0.717, 1.165) is 35.6 Å². The summed E-state index contributed by atoms with van der Waals surface area (Å²) in [6.45, 7) is 8.50. The van der Waals surface area contributed by atoms with Crippen LogP contribution in [0.15, 0.2) is 48.5 Å². The number of nitrogens with zero attached hydrogens (tertiary/aromatic N) is 2. The van der Waals surface area contributed by atoms with Crippen LogP contribution in [-0.2, 0) is 4.74 Å². The molecule has 2 N–H and O–H groups in total. The van der Waals surface area contributed by atoms with E-state index in [-0.39, 0.29) is 6.09 Å². The molecular formula is C21H27N3O2. The standard InChI is InChI=1S/C21H27N3O2/c1-21(2,3)26-20(25)24-13-11-23(12-14-24)19-10-9-17(22)15-18(19)16-7-5-4-6-8-16/h4-10,15H,11-14,22H2,1-3H3. The molecule has 0 radical (unpaired) electrons. The van der Waals surface area contributed by atoms with Gasteiger partial charge in [-0.05, 0) is 44.5 Å². The van der Waals surface area contributed by atoms with Gasteiger partial charge in [-0.25, -0.2) is 4.79 Å². The Labute approximate surface area is 155 Å². The summed E-state index contributed by atoms with van der Waals surface area (Å²) < 4.78 is 5.48. The molecule has 2 aromatic rings. The van der Waals surface area contributed by atoms with Crippen molar-refractivity contribution in [2.24, 2.45) is 0 Å². The number of carbonyl (C=O) groups is 1. The van der Waals surface area contributed by atoms with Gasteiger partial charge in [0.2, 0.25) is 0 Å². The minimum Gasteiger partial charge on any atom is -0.444 e. The van der Waals surface area contributed by atoms with Crippen molar-refractivity contribution in [3.63, 3.8) is 0 Å². The average molecular weight is 353 g/mol. The summed E-state index contributed by atoms with van der Waals surface area (Å²) >= 11 is 0. The van der Waals surface area contributed by atoms with Crippen LogP contribution in [0.1, 0.15) is 20.8 Å². The maximum atomic E-state index is 12.3. The molecular weight excluding hydrogens is 326 g/mol. The molecule has 0 saturated carbocycles. The van der Waals surface area contributed by atoms with Crippen molar-refractivity contribution in [3.8, 4) is 11.1 Å². The van der Waals surface area contributed by atoms with E-state index in [9.17, 15) is 4.79 Å². The summed E-state index contributed by atoms with van der Waals surface area (Å²) in [5, 5.41) is 0. The largest absolute Gasteiger partial charge is 0.444 e. The fourth-order valence-corrected chi connectivity index (χ4v) is 3.13. The minimum absolute atomic E-state index is 0.238. The molecule has 0 atom stereocenters. The number of benzene rings is 2. The number of hydrogen-bond donors (Lipinski definition) is 1. The number of anilines is 2. The summed E-state index contributed by atoms with van der Waals surface area (Å²) in [6.07, 6.45) is -0.238. The van der Waals surface area contributed by atoms with E-state index in [4.69, 9.17) is 10.5 Å². The van der Waals surface area contributed by atoms with Gasteiger partial charge in [0.05, 0.1) is 0 Å². The average Bonchev–Trinajstić information content (AvgIpc) is 2.61. The van der Waals surface area contributed by atoms with Crippen molar-refractivity contribution in [2.45, 2.75) is 26.4 Å². The smallest absolute Gasteiger partial charge is 0.410 e. The first-order chi connectivity index (χ1) is 12.3. The molecule has 1 heterocycles. The second kappa shape index (κ2) is 7.28. The number of carbonyl (C=O) groups excluding carboxylic acids is 1. The first kappa shape index (κ1) is 18.1. The molecule has 5 nitrogen and oxygen atoms in total. The van der Waals surface area contributed by atoms with Gasteiger partial charge in [0, 0.05) is 43.1 Å². The van der Waals surface area contributed by atoms with Crippen LogP contribution in [-0.4, -0.2) is 42.8 Å². The Morgan fingerprint density at radius 1 is 1.00 bits per heavy atom. The van der Waals surface area contributed by atoms with Crippen molar-refractivity contribution in [3.05, 3.63) is 48.5 Å². The van der Waals surface area contributed by atoms with Crippen molar-refractivity contribution in [1.29, 1.82) is 0 Å². The quantitative estimate of drug-likeness (QED) is 0.829. The lowest BCUT2D eigenvalue weighted by Crippen LogP contribution is -2.50. The van der Waals surface area contributed by atoms with Gasteiger partial charge in [0.1, 0.15) is 5.60 Å². The predicted octanol–water partition coefficient (Wildman–Crippen LogP) is 3.99. The third kappa shape index (κ3) is 4.28. The highest BCUT2D eigenvalue weighted by Crippen LogP contribution is 2.33. The number of nitrogens with two attached hydrogens (primary N) is 1. The predicted molar refractivity (Wildman–Crippen MR) is 106 cm³/mol. The zero-order valence-corrected chi connectivity index (χ0v) is 15.7. The molecule has 1 aliphatic rings. The molecule has 1 saturated heterocycles. The zero-order chi connectivity index (χ0) is 18.7. The molecule has 2 aromatic carbocycles. The van der Waals surface area contributed by atoms with Gasteiger partial charge >= 0.3 is 6.09 Å². The number of ether oxygens (including phenoxy) is 1. The van der Waals surface area contributed by atoms with Crippen molar-refractivity contribution >= 4 is 17.5 Å². The van der Waals surface area contributed by atoms with Crippen LogP contribution in [0.4, 0.5) is 16.2 Å². The second-order valence-corrected chi connectivity index (χ2v) is 7.60. The van der Waals surface area contributed by atoms with Crippen molar-refractivity contribution in [2.75, 3.05) is 36.8 Å². The van der Waals surface area contributed by atoms with Gasteiger partial charge in [-0.1, -0.05) is 30.3 Å². The Morgan fingerprint density at radius 3 is 2.27 bits per heavy atom. The van der Waals surface area contributed by atoms with Crippen LogP contribution >= 0.6 is 0 Å². The third-order valence-electron chi connectivity index (χ3n) is 4.38. The van der Waals surface area contributed by atoms with Crippen molar-refractivity contribution in [1.82, 2.24) is 4.90 Å². The summed E-state index contributed by atoms with van der Waals surface area (Å²) in [7, 11) is 0. The number of rotatable bonds is 2. The maximum absolute atomic E-state index is 12.3. The van der Waals surface area contributed by atoms with E-state index in [1.54, 1.807) is 4.90 Å². The molecule has 0 aliphatic carbocycles. The molecule has 3 rings (SSSR count). The monoisotopic (exact) mass is 353 g/mol. The molecule has 1 aliphatic heterocycles. The van der Waals surface area contributed by atoms with E-state index < -0.39 is 5.60 Å². The summed E-state index contributed by atoms with van der Waals surface area (Å²) in [5.41, 5.74) is 9.72. The molecule has 0 unspecified atom stereocenters. The van der Waals surface area contributed by atoms with Crippen LogP contribution in [0, 0.1) is 0 Å². The normalized spacial score (nSPS) is 15.0. The Morgan fingerprint density at radius 2 is 1.65 bits per heavy atom. The van der Waals surface area contributed by atoms with Crippen LogP contribution in [0.2, 0.25) is 0 Å². The first-order valence-corrected chi connectivity index (χ1v) is 9.01. The van der Waals surface area contributed by atoms with E-state index >= 15 is 0 Å². The summed E-state index contributed by atoms with van der Waals surface area (Å²) in [6, 6.07) is 16.3. The van der Waals surface area contributed by atoms with Crippen LogP contribution in [0.25, 0.3) is 11.1 Å². The van der Waals surface area contributed by atoms with Crippen molar-refractivity contribution < 1.29 is 9.53 Å². The first-order valence-electron chi connectivity index (χ1n) is 9.01. The van der Waals surface area contributed by atoms with Gasteiger partial charge in [-0.3, -0.25) is 0 Å². The third-order valence-corrected chi connectivity index (χ3v) is 4.38. The highest BCUT2D eigenvalue weighted by atomic mass is 16.6. The Hall–Kier alpha value is -2.69. The second-order valence-electron chi connectivity index (χ2n) is 7.60. The fraction of sp³-hybridized carbons (Fsp3) is 0.381. The lowest BCUT2D eigenvalue weighted by atomic mass is 10.0. The minimum atomic E-state index is -0.467. The molecule has 1 amide bonds. The molecule has 138 valence electrons. The number of piperazine rings is 1. The van der Waals surface area contributed by atoms with Gasteiger partial charge < -0.3 is 20.3 Å². The highest BCUT2D eigenvalue weighted by molar-refractivity contribution is 5.81. The lowest BCUT2D eigenvalue weighted by Gasteiger charge is -2.37. The van der Waals surface area contributed by atoms with Crippen LogP contribution in [0.3, 0.4) is 0 Å².